The van der Waals surface area contributed by atoms with Crippen LogP contribution in [0.2, 0.25) is 0 Å². The summed E-state index contributed by atoms with van der Waals surface area (Å²) in [6.45, 7) is 0. The second-order valence-corrected chi connectivity index (χ2v) is 10.0. The Hall–Kier alpha value is -3.87. The highest BCUT2D eigenvalue weighted by molar-refractivity contribution is 5.79. The smallest absolute Gasteiger partial charge is 0.228 e. The Morgan fingerprint density at radius 2 is 1.94 bits per heavy atom. The molecule has 0 radical (unpaired) electrons. The van der Waals surface area contributed by atoms with Gasteiger partial charge in [-0.05, 0) is 79.7 Å². The molecule has 6 nitrogen and oxygen atoms in total. The molecule has 1 atom stereocenters. The van der Waals surface area contributed by atoms with Crippen LogP contribution < -0.4 is 5.32 Å². The quantitative estimate of drug-likeness (QED) is 0.375. The van der Waals surface area contributed by atoms with Gasteiger partial charge in [-0.15, -0.1) is 0 Å². The van der Waals surface area contributed by atoms with Gasteiger partial charge in [0, 0.05) is 23.4 Å². The van der Waals surface area contributed by atoms with E-state index >= 15 is 0 Å². The van der Waals surface area contributed by atoms with Crippen molar-refractivity contribution in [3.63, 3.8) is 0 Å². The van der Waals surface area contributed by atoms with Gasteiger partial charge in [0.25, 0.3) is 0 Å². The molecule has 36 heavy (non-hydrogen) atoms. The number of anilines is 1. The summed E-state index contributed by atoms with van der Waals surface area (Å²) >= 11 is 0. The van der Waals surface area contributed by atoms with Gasteiger partial charge >= 0.3 is 0 Å². The molecule has 0 fully saturated rings. The van der Waals surface area contributed by atoms with Crippen molar-refractivity contribution in [2.45, 2.75) is 57.4 Å². The maximum atomic E-state index is 14.0. The van der Waals surface area contributed by atoms with Gasteiger partial charge in [-0.25, -0.2) is 9.37 Å². The Morgan fingerprint density at radius 1 is 1.00 bits per heavy atom. The Morgan fingerprint density at radius 3 is 2.83 bits per heavy atom. The number of benzene rings is 1. The molecule has 7 rings (SSSR count). The first kappa shape index (κ1) is 21.4. The molecular weight excluding hydrogens is 451 g/mol. The summed E-state index contributed by atoms with van der Waals surface area (Å²) in [5.41, 5.74) is 9.49. The topological polar surface area (TPSA) is 68.0 Å². The molecule has 0 saturated heterocycles. The normalized spacial score (nSPS) is 19.2. The molecular formula is C29H27FN6. The standard InChI is InChI=1S/C29H27FN6/c30-22-13-21(15-31-16-22)27-34-28-26(18-6-2-1-3-7-18)17-32-36(28)29(35-27)33-23-11-10-20-12-19-8-4-5-9-24(19)25(20)14-23/h4-6,8-9,13,15-17,23H,1-3,7,10-12,14H2,(H,33,34,35)/t23-/m1/s1. The molecule has 180 valence electrons. The molecule has 4 aromatic rings. The zero-order valence-corrected chi connectivity index (χ0v) is 20.0. The maximum absolute atomic E-state index is 14.0. The summed E-state index contributed by atoms with van der Waals surface area (Å²) in [7, 11) is 0. The average molecular weight is 479 g/mol. The number of rotatable bonds is 4. The molecule has 0 unspecified atom stereocenters. The van der Waals surface area contributed by atoms with Crippen LogP contribution in [0.25, 0.3) is 28.2 Å². The van der Waals surface area contributed by atoms with Crippen LogP contribution in [0.5, 0.6) is 0 Å². The zero-order valence-electron chi connectivity index (χ0n) is 20.0. The molecule has 3 heterocycles. The number of allylic oxidation sites excluding steroid dienone is 3. The van der Waals surface area contributed by atoms with E-state index in [1.54, 1.807) is 11.8 Å². The third-order valence-corrected chi connectivity index (χ3v) is 7.72. The van der Waals surface area contributed by atoms with E-state index in [9.17, 15) is 4.39 Å². The number of nitrogens with zero attached hydrogens (tertiary/aromatic N) is 5. The molecule has 3 aromatic heterocycles. The lowest BCUT2D eigenvalue weighted by Gasteiger charge is -2.26. The van der Waals surface area contributed by atoms with Crippen LogP contribution in [-0.4, -0.2) is 30.6 Å². The third-order valence-electron chi connectivity index (χ3n) is 7.72. The van der Waals surface area contributed by atoms with E-state index in [0.29, 0.717) is 17.3 Å². The lowest BCUT2D eigenvalue weighted by Crippen LogP contribution is -2.25. The van der Waals surface area contributed by atoms with E-state index in [1.165, 1.54) is 47.4 Å². The largest absolute Gasteiger partial charge is 0.351 e. The van der Waals surface area contributed by atoms with Crippen molar-refractivity contribution >= 4 is 22.7 Å². The van der Waals surface area contributed by atoms with Crippen LogP contribution in [0, 0.1) is 5.82 Å². The molecule has 7 heteroatoms. The first-order chi connectivity index (χ1) is 17.7. The van der Waals surface area contributed by atoms with Crippen LogP contribution in [0.15, 0.2) is 60.6 Å². The van der Waals surface area contributed by atoms with Gasteiger partial charge in [0.15, 0.2) is 11.5 Å². The zero-order chi connectivity index (χ0) is 24.1. The molecule has 0 bridgehead atoms. The Bertz CT molecular complexity index is 1550. The number of halogens is 1. The minimum absolute atomic E-state index is 0.230. The maximum Gasteiger partial charge on any atom is 0.228 e. The third kappa shape index (κ3) is 3.70. The number of hydrogen-bond donors (Lipinski definition) is 1. The van der Waals surface area contributed by atoms with E-state index < -0.39 is 5.82 Å². The van der Waals surface area contributed by atoms with Gasteiger partial charge in [0.05, 0.1) is 12.4 Å². The Balaban J connectivity index is 1.28. The van der Waals surface area contributed by atoms with Gasteiger partial charge in [-0.3, -0.25) is 4.98 Å². The van der Waals surface area contributed by atoms with Crippen molar-refractivity contribution in [2.24, 2.45) is 0 Å². The second kappa shape index (κ2) is 8.66. The van der Waals surface area contributed by atoms with Crippen molar-refractivity contribution in [1.29, 1.82) is 0 Å². The fourth-order valence-corrected chi connectivity index (χ4v) is 5.94. The number of aromatic nitrogens is 5. The SMILES string of the molecule is Fc1cncc(-c2nc(N[C@@H]3CCC4=C(C3)c3ccccc3C4)n3ncc(C4=CCCCC4)c3n2)c1. The van der Waals surface area contributed by atoms with Crippen molar-refractivity contribution in [2.75, 3.05) is 5.32 Å². The highest BCUT2D eigenvalue weighted by Crippen LogP contribution is 2.42. The highest BCUT2D eigenvalue weighted by Gasteiger charge is 2.29. The molecule has 3 aliphatic rings. The average Bonchev–Trinajstić information content (AvgIpc) is 3.51. The predicted molar refractivity (Wildman–Crippen MR) is 139 cm³/mol. The summed E-state index contributed by atoms with van der Waals surface area (Å²) in [5.74, 6) is 0.695. The number of pyridine rings is 1. The highest BCUT2D eigenvalue weighted by atomic mass is 19.1. The van der Waals surface area contributed by atoms with E-state index in [-0.39, 0.29) is 6.04 Å². The summed E-state index contributed by atoms with van der Waals surface area (Å²) in [6, 6.07) is 10.4. The summed E-state index contributed by atoms with van der Waals surface area (Å²) in [5, 5.41) is 8.39. The van der Waals surface area contributed by atoms with Crippen molar-refractivity contribution in [1.82, 2.24) is 24.6 Å². The van der Waals surface area contributed by atoms with Gasteiger partial charge in [0.1, 0.15) is 5.82 Å². The van der Waals surface area contributed by atoms with Crippen LogP contribution in [-0.2, 0) is 6.42 Å². The molecule has 0 spiro atoms. The molecule has 1 N–H and O–H groups in total. The van der Waals surface area contributed by atoms with Crippen molar-refractivity contribution < 1.29 is 4.39 Å². The second-order valence-electron chi connectivity index (χ2n) is 10.0. The van der Waals surface area contributed by atoms with Crippen LogP contribution in [0.3, 0.4) is 0 Å². The van der Waals surface area contributed by atoms with Gasteiger partial charge < -0.3 is 5.32 Å². The molecule has 0 aliphatic heterocycles. The summed E-state index contributed by atoms with van der Waals surface area (Å²) < 4.78 is 15.8. The van der Waals surface area contributed by atoms with Crippen molar-refractivity contribution in [3.05, 3.63) is 83.1 Å². The first-order valence-corrected chi connectivity index (χ1v) is 12.8. The fourth-order valence-electron chi connectivity index (χ4n) is 5.94. The number of hydrogen-bond acceptors (Lipinski definition) is 5. The van der Waals surface area contributed by atoms with E-state index in [0.717, 1.165) is 49.7 Å². The monoisotopic (exact) mass is 478 g/mol. The van der Waals surface area contributed by atoms with Crippen LogP contribution in [0.1, 0.15) is 61.6 Å². The molecule has 3 aliphatic carbocycles. The van der Waals surface area contributed by atoms with Crippen molar-refractivity contribution in [3.8, 4) is 11.4 Å². The van der Waals surface area contributed by atoms with E-state index in [4.69, 9.17) is 15.1 Å². The van der Waals surface area contributed by atoms with E-state index in [1.807, 2.05) is 10.7 Å². The van der Waals surface area contributed by atoms with Gasteiger partial charge in [0.2, 0.25) is 5.95 Å². The minimum Gasteiger partial charge on any atom is -0.351 e. The first-order valence-electron chi connectivity index (χ1n) is 12.8. The predicted octanol–water partition coefficient (Wildman–Crippen LogP) is 6.26. The van der Waals surface area contributed by atoms with E-state index in [2.05, 4.69) is 40.6 Å². The van der Waals surface area contributed by atoms with Gasteiger partial charge in [-0.1, -0.05) is 35.9 Å². The van der Waals surface area contributed by atoms with Crippen LogP contribution >= 0.6 is 0 Å². The lowest BCUT2D eigenvalue weighted by molar-refractivity contribution is 0.621. The molecule has 1 aromatic carbocycles. The summed E-state index contributed by atoms with van der Waals surface area (Å²) in [6.07, 6.45) is 15.6. The summed E-state index contributed by atoms with van der Waals surface area (Å²) in [4.78, 5) is 13.7. The number of fused-ring (bicyclic) bond motifs is 3. The fraction of sp³-hybridized carbons (Fsp3) is 0.310. The van der Waals surface area contributed by atoms with Gasteiger partial charge in [-0.2, -0.15) is 14.6 Å². The van der Waals surface area contributed by atoms with Crippen LogP contribution in [0.4, 0.5) is 10.3 Å². The molecule has 0 amide bonds. The Kier molecular flexibility index (Phi) is 5.15. The minimum atomic E-state index is -0.402. The number of nitrogens with one attached hydrogen (secondary N) is 1. The Labute approximate surface area is 209 Å². The lowest BCUT2D eigenvalue weighted by atomic mass is 9.88. The molecule has 0 saturated carbocycles.